The second kappa shape index (κ2) is 6.13. The SMILES string of the molecule is COc1ccc(-c2n[nH]c(C3CC3)c2NC(=O)c2cccs2)cc1. The number of carbonyl (C=O) groups excluding carboxylic acids is 1. The molecule has 2 N–H and O–H groups in total. The number of hydrogen-bond acceptors (Lipinski definition) is 4. The fourth-order valence-electron chi connectivity index (χ4n) is 2.69. The number of aromatic amines is 1. The minimum absolute atomic E-state index is 0.0944. The molecule has 0 spiro atoms. The van der Waals surface area contributed by atoms with E-state index in [9.17, 15) is 4.79 Å². The van der Waals surface area contributed by atoms with Gasteiger partial charge in [0.2, 0.25) is 0 Å². The Morgan fingerprint density at radius 2 is 2.08 bits per heavy atom. The van der Waals surface area contributed by atoms with E-state index < -0.39 is 0 Å². The third-order valence-electron chi connectivity index (χ3n) is 4.13. The molecule has 0 saturated heterocycles. The molecule has 0 unspecified atom stereocenters. The Morgan fingerprint density at radius 1 is 1.29 bits per heavy atom. The monoisotopic (exact) mass is 339 g/mol. The van der Waals surface area contributed by atoms with Gasteiger partial charge in [0.25, 0.3) is 5.91 Å². The zero-order valence-corrected chi connectivity index (χ0v) is 14.0. The number of nitrogens with one attached hydrogen (secondary N) is 2. The molecule has 1 aliphatic carbocycles. The second-order valence-corrected chi connectivity index (χ2v) is 6.74. The average molecular weight is 339 g/mol. The summed E-state index contributed by atoms with van der Waals surface area (Å²) in [5, 5.41) is 12.5. The van der Waals surface area contributed by atoms with Crippen molar-refractivity contribution in [2.45, 2.75) is 18.8 Å². The largest absolute Gasteiger partial charge is 0.497 e. The lowest BCUT2D eigenvalue weighted by Crippen LogP contribution is -2.11. The molecule has 0 radical (unpaired) electrons. The van der Waals surface area contributed by atoms with Crippen molar-refractivity contribution in [1.29, 1.82) is 0 Å². The predicted molar refractivity (Wildman–Crippen MR) is 94.8 cm³/mol. The van der Waals surface area contributed by atoms with Crippen LogP contribution in [0.3, 0.4) is 0 Å². The van der Waals surface area contributed by atoms with Gasteiger partial charge < -0.3 is 10.1 Å². The first-order chi connectivity index (χ1) is 11.8. The summed E-state index contributed by atoms with van der Waals surface area (Å²) in [7, 11) is 1.64. The molecular formula is C18H17N3O2S. The minimum Gasteiger partial charge on any atom is -0.497 e. The summed E-state index contributed by atoms with van der Waals surface area (Å²) in [5.41, 5.74) is 3.52. The highest BCUT2D eigenvalue weighted by atomic mass is 32.1. The first kappa shape index (κ1) is 15.0. The number of ether oxygens (including phenoxy) is 1. The Morgan fingerprint density at radius 3 is 2.71 bits per heavy atom. The molecule has 122 valence electrons. The summed E-state index contributed by atoms with van der Waals surface area (Å²) in [6.45, 7) is 0. The number of aromatic nitrogens is 2. The molecule has 1 aromatic carbocycles. The zero-order valence-electron chi connectivity index (χ0n) is 13.2. The Labute approximate surface area is 143 Å². The summed E-state index contributed by atoms with van der Waals surface area (Å²) >= 11 is 1.43. The summed E-state index contributed by atoms with van der Waals surface area (Å²) in [4.78, 5) is 13.2. The number of nitrogens with zero attached hydrogens (tertiary/aromatic N) is 1. The molecule has 24 heavy (non-hydrogen) atoms. The van der Waals surface area contributed by atoms with Crippen LogP contribution in [-0.4, -0.2) is 23.2 Å². The molecule has 2 heterocycles. The zero-order chi connectivity index (χ0) is 16.5. The number of anilines is 1. The van der Waals surface area contributed by atoms with Crippen molar-refractivity contribution < 1.29 is 9.53 Å². The van der Waals surface area contributed by atoms with Crippen molar-refractivity contribution in [2.24, 2.45) is 0 Å². The summed E-state index contributed by atoms with van der Waals surface area (Å²) in [6, 6.07) is 11.4. The molecule has 4 rings (SSSR count). The van der Waals surface area contributed by atoms with Gasteiger partial charge in [0.05, 0.1) is 23.4 Å². The van der Waals surface area contributed by atoms with Crippen molar-refractivity contribution in [3.8, 4) is 17.0 Å². The van der Waals surface area contributed by atoms with E-state index in [0.29, 0.717) is 10.8 Å². The number of H-pyrrole nitrogens is 1. The van der Waals surface area contributed by atoms with E-state index in [-0.39, 0.29) is 5.91 Å². The Bertz CT molecular complexity index is 849. The van der Waals surface area contributed by atoms with E-state index >= 15 is 0 Å². The topological polar surface area (TPSA) is 67.0 Å². The van der Waals surface area contributed by atoms with Crippen molar-refractivity contribution in [1.82, 2.24) is 10.2 Å². The molecule has 1 aliphatic rings. The lowest BCUT2D eigenvalue weighted by atomic mass is 10.1. The lowest BCUT2D eigenvalue weighted by Gasteiger charge is -2.08. The van der Waals surface area contributed by atoms with Crippen LogP contribution in [0.5, 0.6) is 5.75 Å². The molecule has 0 aliphatic heterocycles. The Kier molecular flexibility index (Phi) is 3.82. The van der Waals surface area contributed by atoms with Crippen LogP contribution in [0.25, 0.3) is 11.3 Å². The lowest BCUT2D eigenvalue weighted by molar-refractivity contribution is 0.103. The van der Waals surface area contributed by atoms with Gasteiger partial charge in [-0.1, -0.05) is 6.07 Å². The van der Waals surface area contributed by atoms with Crippen LogP contribution >= 0.6 is 11.3 Å². The predicted octanol–water partition coefficient (Wildman–Crippen LogP) is 4.28. The third-order valence-corrected chi connectivity index (χ3v) is 5.00. The maximum Gasteiger partial charge on any atom is 0.265 e. The van der Waals surface area contributed by atoms with Crippen LogP contribution in [0, 0.1) is 0 Å². The van der Waals surface area contributed by atoms with E-state index in [1.54, 1.807) is 7.11 Å². The number of thiophene rings is 1. The number of rotatable bonds is 5. The second-order valence-electron chi connectivity index (χ2n) is 5.80. The number of benzene rings is 1. The summed E-state index contributed by atoms with van der Waals surface area (Å²) in [5.74, 6) is 1.16. The molecule has 1 saturated carbocycles. The standard InChI is InChI=1S/C18H17N3O2S/c1-23-13-8-6-12(7-9-13)16-17(15(20-21-16)11-4-5-11)19-18(22)14-3-2-10-24-14/h2-3,6-11H,4-5H2,1H3,(H,19,22)(H,20,21). The van der Waals surface area contributed by atoms with Gasteiger partial charge in [0.1, 0.15) is 11.4 Å². The van der Waals surface area contributed by atoms with Crippen LogP contribution in [0.15, 0.2) is 41.8 Å². The number of carbonyl (C=O) groups is 1. The molecule has 2 aromatic heterocycles. The highest BCUT2D eigenvalue weighted by Crippen LogP contribution is 2.45. The van der Waals surface area contributed by atoms with Crippen LogP contribution in [0.4, 0.5) is 5.69 Å². The first-order valence-electron chi connectivity index (χ1n) is 7.84. The number of amides is 1. The van der Waals surface area contributed by atoms with Crippen molar-refractivity contribution in [2.75, 3.05) is 12.4 Å². The number of hydrogen-bond donors (Lipinski definition) is 2. The van der Waals surface area contributed by atoms with Gasteiger partial charge in [-0.05, 0) is 48.6 Å². The Balaban J connectivity index is 1.70. The van der Waals surface area contributed by atoms with Gasteiger partial charge in [-0.25, -0.2) is 0 Å². The normalized spacial score (nSPS) is 13.7. The molecule has 3 aromatic rings. The van der Waals surface area contributed by atoms with Gasteiger partial charge in [0.15, 0.2) is 0 Å². The average Bonchev–Trinajstić information content (AvgIpc) is 3.14. The smallest absolute Gasteiger partial charge is 0.265 e. The molecule has 0 bridgehead atoms. The molecule has 1 amide bonds. The summed E-state index contributed by atoms with van der Waals surface area (Å²) < 4.78 is 5.21. The number of methoxy groups -OCH3 is 1. The van der Waals surface area contributed by atoms with E-state index in [4.69, 9.17) is 4.74 Å². The fourth-order valence-corrected chi connectivity index (χ4v) is 3.31. The van der Waals surface area contributed by atoms with E-state index in [0.717, 1.165) is 41.2 Å². The molecule has 1 fully saturated rings. The molecule has 6 heteroatoms. The van der Waals surface area contributed by atoms with E-state index in [1.165, 1.54) is 11.3 Å². The summed E-state index contributed by atoms with van der Waals surface area (Å²) in [6.07, 6.45) is 2.26. The van der Waals surface area contributed by atoms with Crippen LogP contribution in [0.1, 0.15) is 34.1 Å². The van der Waals surface area contributed by atoms with Crippen molar-refractivity contribution in [3.05, 3.63) is 52.3 Å². The van der Waals surface area contributed by atoms with Crippen LogP contribution in [0.2, 0.25) is 0 Å². The molecule has 5 nitrogen and oxygen atoms in total. The van der Waals surface area contributed by atoms with Crippen LogP contribution < -0.4 is 10.1 Å². The quantitative estimate of drug-likeness (QED) is 0.729. The van der Waals surface area contributed by atoms with Gasteiger partial charge in [-0.2, -0.15) is 5.10 Å². The van der Waals surface area contributed by atoms with Gasteiger partial charge in [-0.15, -0.1) is 11.3 Å². The van der Waals surface area contributed by atoms with Crippen LogP contribution in [-0.2, 0) is 0 Å². The van der Waals surface area contributed by atoms with E-state index in [2.05, 4.69) is 15.5 Å². The van der Waals surface area contributed by atoms with Crippen molar-refractivity contribution in [3.63, 3.8) is 0 Å². The molecular weight excluding hydrogens is 322 g/mol. The molecule has 0 atom stereocenters. The maximum absolute atomic E-state index is 12.5. The minimum atomic E-state index is -0.0944. The third kappa shape index (κ3) is 2.80. The first-order valence-corrected chi connectivity index (χ1v) is 8.72. The highest BCUT2D eigenvalue weighted by Gasteiger charge is 2.31. The Hall–Kier alpha value is -2.60. The maximum atomic E-state index is 12.5. The van der Waals surface area contributed by atoms with Gasteiger partial charge in [0, 0.05) is 11.5 Å². The van der Waals surface area contributed by atoms with E-state index in [1.807, 2.05) is 41.8 Å². The van der Waals surface area contributed by atoms with Gasteiger partial charge in [-0.3, -0.25) is 9.89 Å². The highest BCUT2D eigenvalue weighted by molar-refractivity contribution is 7.12. The van der Waals surface area contributed by atoms with Crippen molar-refractivity contribution >= 4 is 22.9 Å². The van der Waals surface area contributed by atoms with Gasteiger partial charge >= 0.3 is 0 Å². The fraction of sp³-hybridized carbons (Fsp3) is 0.222.